The van der Waals surface area contributed by atoms with Crippen molar-refractivity contribution >= 4 is 23.2 Å². The summed E-state index contributed by atoms with van der Waals surface area (Å²) in [5, 5.41) is 0. The van der Waals surface area contributed by atoms with Gasteiger partial charge in [0.25, 0.3) is 5.91 Å². The Balaban J connectivity index is 1.58. The Morgan fingerprint density at radius 1 is 0.875 bits per heavy atom. The van der Waals surface area contributed by atoms with Gasteiger partial charge in [0.15, 0.2) is 0 Å². The molecule has 4 rings (SSSR count). The van der Waals surface area contributed by atoms with Gasteiger partial charge in [-0.25, -0.2) is 0 Å². The number of hydrogen-bond donors (Lipinski definition) is 0. The summed E-state index contributed by atoms with van der Waals surface area (Å²) in [6.07, 6.45) is 3.54. The lowest BCUT2D eigenvalue weighted by molar-refractivity contribution is -0.117. The molecule has 0 radical (unpaired) electrons. The molecule has 0 saturated carbocycles. The summed E-state index contributed by atoms with van der Waals surface area (Å²) >= 11 is 0. The molecule has 24 heavy (non-hydrogen) atoms. The minimum absolute atomic E-state index is 0.0291. The first-order valence-electron chi connectivity index (χ1n) is 8.54. The van der Waals surface area contributed by atoms with E-state index in [1.807, 2.05) is 47.4 Å². The van der Waals surface area contributed by atoms with Gasteiger partial charge < -0.3 is 9.80 Å². The number of amides is 2. The summed E-state index contributed by atoms with van der Waals surface area (Å²) in [6, 6.07) is 15.5. The highest BCUT2D eigenvalue weighted by molar-refractivity contribution is 6.07. The van der Waals surface area contributed by atoms with Gasteiger partial charge in [0.1, 0.15) is 0 Å². The molecule has 2 amide bonds. The molecule has 0 aromatic heterocycles. The zero-order chi connectivity index (χ0) is 16.5. The van der Waals surface area contributed by atoms with Crippen molar-refractivity contribution in [2.24, 2.45) is 0 Å². The third kappa shape index (κ3) is 2.58. The molecule has 2 aromatic carbocycles. The molecular formula is C20H20N2O2. The smallest absolute Gasteiger partial charge is 0.258 e. The van der Waals surface area contributed by atoms with E-state index in [9.17, 15) is 9.59 Å². The normalized spacial score (nSPS) is 17.1. The van der Waals surface area contributed by atoms with Crippen molar-refractivity contribution in [1.82, 2.24) is 0 Å². The van der Waals surface area contributed by atoms with Gasteiger partial charge in [-0.15, -0.1) is 0 Å². The highest BCUT2D eigenvalue weighted by Crippen LogP contribution is 2.29. The van der Waals surface area contributed by atoms with Crippen LogP contribution in [0.25, 0.3) is 0 Å². The highest BCUT2D eigenvalue weighted by Gasteiger charge is 2.24. The summed E-state index contributed by atoms with van der Waals surface area (Å²) in [4.78, 5) is 28.4. The second-order valence-corrected chi connectivity index (χ2v) is 6.38. The van der Waals surface area contributed by atoms with Crippen LogP contribution in [-0.4, -0.2) is 24.9 Å². The fourth-order valence-electron chi connectivity index (χ4n) is 3.61. The zero-order valence-electron chi connectivity index (χ0n) is 13.6. The second kappa shape index (κ2) is 6.11. The average molecular weight is 320 g/mol. The van der Waals surface area contributed by atoms with E-state index in [1.54, 1.807) is 4.90 Å². The van der Waals surface area contributed by atoms with Gasteiger partial charge in [-0.05, 0) is 55.2 Å². The van der Waals surface area contributed by atoms with E-state index in [1.165, 1.54) is 5.56 Å². The van der Waals surface area contributed by atoms with Crippen molar-refractivity contribution in [3.05, 3.63) is 59.7 Å². The number of rotatable bonds is 2. The van der Waals surface area contributed by atoms with E-state index >= 15 is 0 Å². The van der Waals surface area contributed by atoms with Crippen LogP contribution in [0.15, 0.2) is 48.5 Å². The molecule has 4 heteroatoms. The highest BCUT2D eigenvalue weighted by atomic mass is 16.2. The lowest BCUT2D eigenvalue weighted by atomic mass is 10.0. The maximum Gasteiger partial charge on any atom is 0.258 e. The van der Waals surface area contributed by atoms with Crippen molar-refractivity contribution in [2.75, 3.05) is 22.9 Å². The van der Waals surface area contributed by atoms with Crippen LogP contribution in [0.5, 0.6) is 0 Å². The van der Waals surface area contributed by atoms with Gasteiger partial charge in [-0.1, -0.05) is 18.2 Å². The first kappa shape index (κ1) is 14.9. The standard InChI is InChI=1S/C20H20N2O2/c23-19-8-4-13-21(19)17-11-9-16(10-12-17)20(24)22-14-3-6-15-5-1-2-7-18(15)22/h1-2,5,7,9-12H,3-4,6,8,13-14H2. The van der Waals surface area contributed by atoms with E-state index in [0.29, 0.717) is 12.0 Å². The Kier molecular flexibility index (Phi) is 3.81. The number of aryl methyl sites for hydroxylation is 1. The zero-order valence-corrected chi connectivity index (χ0v) is 13.6. The third-order valence-electron chi connectivity index (χ3n) is 4.85. The minimum Gasteiger partial charge on any atom is -0.312 e. The minimum atomic E-state index is 0.0291. The van der Waals surface area contributed by atoms with Crippen LogP contribution in [0.3, 0.4) is 0 Å². The fourth-order valence-corrected chi connectivity index (χ4v) is 3.61. The van der Waals surface area contributed by atoms with Crippen LogP contribution < -0.4 is 9.80 Å². The Morgan fingerprint density at radius 2 is 1.62 bits per heavy atom. The number of fused-ring (bicyclic) bond motifs is 1. The molecule has 2 aliphatic rings. The summed E-state index contributed by atoms with van der Waals surface area (Å²) in [6.45, 7) is 1.52. The largest absolute Gasteiger partial charge is 0.312 e. The molecule has 0 bridgehead atoms. The molecular weight excluding hydrogens is 300 g/mol. The van der Waals surface area contributed by atoms with Crippen LogP contribution in [0.2, 0.25) is 0 Å². The monoisotopic (exact) mass is 320 g/mol. The average Bonchev–Trinajstić information content (AvgIpc) is 3.07. The number of benzene rings is 2. The molecule has 4 nitrogen and oxygen atoms in total. The number of hydrogen-bond acceptors (Lipinski definition) is 2. The van der Waals surface area contributed by atoms with E-state index in [0.717, 1.165) is 43.7 Å². The van der Waals surface area contributed by atoms with Crippen LogP contribution in [0, 0.1) is 0 Å². The number of anilines is 2. The van der Waals surface area contributed by atoms with Gasteiger partial charge in [-0.2, -0.15) is 0 Å². The molecule has 0 spiro atoms. The Hall–Kier alpha value is -2.62. The van der Waals surface area contributed by atoms with Crippen LogP contribution in [0.4, 0.5) is 11.4 Å². The summed E-state index contributed by atoms with van der Waals surface area (Å²) in [5.41, 5.74) is 3.80. The predicted molar refractivity (Wildman–Crippen MR) is 94.5 cm³/mol. The predicted octanol–water partition coefficient (Wildman–Crippen LogP) is 3.41. The van der Waals surface area contributed by atoms with Crippen molar-refractivity contribution in [1.29, 1.82) is 0 Å². The summed E-state index contributed by atoms with van der Waals surface area (Å²) < 4.78 is 0. The van der Waals surface area contributed by atoms with Crippen molar-refractivity contribution < 1.29 is 9.59 Å². The topological polar surface area (TPSA) is 40.6 Å². The molecule has 2 aliphatic heterocycles. The molecule has 2 aromatic rings. The third-order valence-corrected chi connectivity index (χ3v) is 4.85. The van der Waals surface area contributed by atoms with Crippen molar-refractivity contribution in [3.8, 4) is 0 Å². The molecule has 1 fully saturated rings. The summed E-state index contributed by atoms with van der Waals surface area (Å²) in [5.74, 6) is 0.195. The summed E-state index contributed by atoms with van der Waals surface area (Å²) in [7, 11) is 0. The Labute approximate surface area is 141 Å². The van der Waals surface area contributed by atoms with E-state index in [2.05, 4.69) is 6.07 Å². The molecule has 122 valence electrons. The van der Waals surface area contributed by atoms with E-state index in [4.69, 9.17) is 0 Å². The maximum atomic E-state index is 12.9. The molecule has 1 saturated heterocycles. The SMILES string of the molecule is O=C1CCCN1c1ccc(C(=O)N2CCCc3ccccc32)cc1. The van der Waals surface area contributed by atoms with Crippen LogP contribution in [-0.2, 0) is 11.2 Å². The maximum absolute atomic E-state index is 12.9. The fraction of sp³-hybridized carbons (Fsp3) is 0.300. The first-order valence-corrected chi connectivity index (χ1v) is 8.54. The van der Waals surface area contributed by atoms with Gasteiger partial charge in [-0.3, -0.25) is 9.59 Å². The lowest BCUT2D eigenvalue weighted by Crippen LogP contribution is -2.35. The van der Waals surface area contributed by atoms with Gasteiger partial charge in [0.05, 0.1) is 0 Å². The van der Waals surface area contributed by atoms with Crippen LogP contribution in [0.1, 0.15) is 35.2 Å². The number of nitrogens with zero attached hydrogens (tertiary/aromatic N) is 2. The number of carbonyl (C=O) groups is 2. The second-order valence-electron chi connectivity index (χ2n) is 6.38. The molecule has 0 N–H and O–H groups in total. The van der Waals surface area contributed by atoms with Crippen LogP contribution >= 0.6 is 0 Å². The first-order chi connectivity index (χ1) is 11.7. The quantitative estimate of drug-likeness (QED) is 0.851. The van der Waals surface area contributed by atoms with Gasteiger partial charge in [0.2, 0.25) is 5.91 Å². The molecule has 2 heterocycles. The van der Waals surface area contributed by atoms with Crippen molar-refractivity contribution in [2.45, 2.75) is 25.7 Å². The lowest BCUT2D eigenvalue weighted by Gasteiger charge is -2.29. The Bertz CT molecular complexity index is 782. The number of para-hydroxylation sites is 1. The number of carbonyl (C=O) groups excluding carboxylic acids is 2. The van der Waals surface area contributed by atoms with E-state index in [-0.39, 0.29) is 11.8 Å². The van der Waals surface area contributed by atoms with E-state index < -0.39 is 0 Å². The molecule has 0 atom stereocenters. The molecule has 0 aliphatic carbocycles. The van der Waals surface area contributed by atoms with Gasteiger partial charge in [0, 0.05) is 36.4 Å². The molecule has 0 unspecified atom stereocenters. The Morgan fingerprint density at radius 3 is 2.38 bits per heavy atom. The van der Waals surface area contributed by atoms with Crippen molar-refractivity contribution in [3.63, 3.8) is 0 Å². The van der Waals surface area contributed by atoms with Gasteiger partial charge >= 0.3 is 0 Å².